The van der Waals surface area contributed by atoms with Gasteiger partial charge in [0.25, 0.3) is 0 Å². The van der Waals surface area contributed by atoms with E-state index in [1.165, 1.54) is 12.3 Å². The van der Waals surface area contributed by atoms with Crippen molar-refractivity contribution in [1.82, 2.24) is 0 Å². The zero-order valence-corrected chi connectivity index (χ0v) is 5.52. The van der Waals surface area contributed by atoms with E-state index in [0.717, 1.165) is 0 Å². The number of nitriles is 1. The number of carboxylic acid groups (broad SMARTS) is 1. The fraction of sp³-hybridized carbons (Fsp3) is 0.143. The van der Waals surface area contributed by atoms with Crippen LogP contribution in [0.25, 0.3) is 0 Å². The zero-order chi connectivity index (χ0) is 8.27. The average molecular weight is 151 g/mol. The van der Waals surface area contributed by atoms with E-state index in [-0.39, 0.29) is 5.76 Å². The van der Waals surface area contributed by atoms with E-state index in [4.69, 9.17) is 14.8 Å². The lowest BCUT2D eigenvalue weighted by molar-refractivity contribution is -0.137. The Morgan fingerprint density at radius 1 is 1.82 bits per heavy atom. The maximum atomic E-state index is 10.3. The van der Waals surface area contributed by atoms with E-state index in [0.29, 0.717) is 0 Å². The van der Waals surface area contributed by atoms with E-state index in [1.54, 1.807) is 12.1 Å². The molecule has 1 unspecified atom stereocenters. The van der Waals surface area contributed by atoms with E-state index in [9.17, 15) is 4.79 Å². The predicted octanol–water partition coefficient (Wildman–Crippen LogP) is 0.971. The first-order chi connectivity index (χ1) is 5.25. The molecule has 56 valence electrons. The van der Waals surface area contributed by atoms with Crippen LogP contribution in [-0.4, -0.2) is 11.1 Å². The first-order valence-corrected chi connectivity index (χ1v) is 2.91. The van der Waals surface area contributed by atoms with Crippen LogP contribution < -0.4 is 0 Å². The number of aliphatic carboxylic acids is 1. The quantitative estimate of drug-likeness (QED) is 0.683. The summed E-state index contributed by atoms with van der Waals surface area (Å²) in [7, 11) is 0. The van der Waals surface area contributed by atoms with Gasteiger partial charge in [0.15, 0.2) is 0 Å². The van der Waals surface area contributed by atoms with E-state index in [2.05, 4.69) is 0 Å². The fourth-order valence-electron chi connectivity index (χ4n) is 0.696. The smallest absolute Gasteiger partial charge is 0.328 e. The van der Waals surface area contributed by atoms with Crippen LogP contribution in [0.5, 0.6) is 0 Å². The molecular formula is C7H5NO3. The van der Waals surface area contributed by atoms with Crippen molar-refractivity contribution in [1.29, 1.82) is 5.26 Å². The van der Waals surface area contributed by atoms with Gasteiger partial charge in [-0.2, -0.15) is 5.26 Å². The van der Waals surface area contributed by atoms with Crippen LogP contribution in [0.15, 0.2) is 22.8 Å². The van der Waals surface area contributed by atoms with Crippen molar-refractivity contribution >= 4 is 5.97 Å². The van der Waals surface area contributed by atoms with Crippen LogP contribution in [0.4, 0.5) is 0 Å². The van der Waals surface area contributed by atoms with Crippen LogP contribution in [0.2, 0.25) is 0 Å². The van der Waals surface area contributed by atoms with Crippen LogP contribution >= 0.6 is 0 Å². The Hall–Kier alpha value is -1.76. The molecule has 1 aromatic rings. The van der Waals surface area contributed by atoms with Gasteiger partial charge in [-0.05, 0) is 12.1 Å². The number of hydrogen-bond acceptors (Lipinski definition) is 3. The molecule has 0 aliphatic rings. The Morgan fingerprint density at radius 2 is 2.55 bits per heavy atom. The van der Waals surface area contributed by atoms with Crippen molar-refractivity contribution < 1.29 is 14.3 Å². The van der Waals surface area contributed by atoms with E-state index in [1.807, 2.05) is 0 Å². The van der Waals surface area contributed by atoms with Crippen molar-refractivity contribution in [3.63, 3.8) is 0 Å². The summed E-state index contributed by atoms with van der Waals surface area (Å²) in [6, 6.07) is 4.62. The molecule has 0 bridgehead atoms. The van der Waals surface area contributed by atoms with Gasteiger partial charge < -0.3 is 9.52 Å². The number of carbonyl (C=O) groups is 1. The first-order valence-electron chi connectivity index (χ1n) is 2.91. The molecular weight excluding hydrogens is 146 g/mol. The van der Waals surface area contributed by atoms with Crippen LogP contribution in [0.1, 0.15) is 11.7 Å². The molecule has 1 rings (SSSR count). The van der Waals surface area contributed by atoms with Crippen molar-refractivity contribution in [3.8, 4) is 6.07 Å². The molecule has 1 heterocycles. The number of rotatable bonds is 2. The topological polar surface area (TPSA) is 74.2 Å². The molecule has 0 aromatic carbocycles. The van der Waals surface area contributed by atoms with Gasteiger partial charge in [-0.3, -0.25) is 4.79 Å². The molecule has 1 N–H and O–H groups in total. The normalized spacial score (nSPS) is 11.9. The Morgan fingerprint density at radius 3 is 2.91 bits per heavy atom. The van der Waals surface area contributed by atoms with Gasteiger partial charge in [0, 0.05) is 0 Å². The summed E-state index contributed by atoms with van der Waals surface area (Å²) >= 11 is 0. The van der Waals surface area contributed by atoms with Gasteiger partial charge in [0.05, 0.1) is 12.3 Å². The summed E-state index contributed by atoms with van der Waals surface area (Å²) in [5.74, 6) is -2.22. The molecule has 1 atom stereocenters. The standard InChI is InChI=1S/C7H5NO3/c8-4-5(7(9)10)6-2-1-3-11-6/h1-3,5H,(H,9,10). The third-order valence-corrected chi connectivity index (χ3v) is 1.20. The lowest BCUT2D eigenvalue weighted by Crippen LogP contribution is -2.07. The molecule has 0 spiro atoms. The first kappa shape index (κ1) is 7.35. The molecule has 1 aromatic heterocycles. The van der Waals surface area contributed by atoms with Gasteiger partial charge in [-0.15, -0.1) is 0 Å². The van der Waals surface area contributed by atoms with Crippen LogP contribution in [-0.2, 0) is 4.79 Å². The molecule has 0 amide bonds. The molecule has 0 aliphatic carbocycles. The molecule has 4 heteroatoms. The Balaban J connectivity index is 2.91. The third kappa shape index (κ3) is 1.38. The highest BCUT2D eigenvalue weighted by Gasteiger charge is 2.21. The van der Waals surface area contributed by atoms with E-state index < -0.39 is 11.9 Å². The number of hydrogen-bond donors (Lipinski definition) is 1. The van der Waals surface area contributed by atoms with Gasteiger partial charge in [-0.1, -0.05) is 0 Å². The maximum Gasteiger partial charge on any atom is 0.328 e. The summed E-state index contributed by atoms with van der Waals surface area (Å²) in [6.07, 6.45) is 1.34. The van der Waals surface area contributed by atoms with Crippen molar-refractivity contribution in [3.05, 3.63) is 24.2 Å². The summed E-state index contributed by atoms with van der Waals surface area (Å²) < 4.78 is 4.74. The van der Waals surface area contributed by atoms with Gasteiger partial charge >= 0.3 is 5.97 Å². The van der Waals surface area contributed by atoms with Crippen LogP contribution in [0.3, 0.4) is 0 Å². The van der Waals surface area contributed by atoms with Crippen LogP contribution in [0, 0.1) is 11.3 Å². The molecule has 0 radical (unpaired) electrons. The zero-order valence-electron chi connectivity index (χ0n) is 5.52. The van der Waals surface area contributed by atoms with Gasteiger partial charge in [0.1, 0.15) is 5.76 Å². The van der Waals surface area contributed by atoms with Gasteiger partial charge in [-0.25, -0.2) is 0 Å². The maximum absolute atomic E-state index is 10.3. The third-order valence-electron chi connectivity index (χ3n) is 1.20. The molecule has 0 saturated heterocycles. The van der Waals surface area contributed by atoms with Gasteiger partial charge in [0.2, 0.25) is 5.92 Å². The second kappa shape index (κ2) is 2.88. The largest absolute Gasteiger partial charge is 0.480 e. The highest BCUT2D eigenvalue weighted by Crippen LogP contribution is 2.14. The lowest BCUT2D eigenvalue weighted by atomic mass is 10.1. The highest BCUT2D eigenvalue weighted by atomic mass is 16.4. The molecule has 0 fully saturated rings. The second-order valence-electron chi connectivity index (χ2n) is 1.92. The summed E-state index contributed by atoms with van der Waals surface area (Å²) in [6.45, 7) is 0. The predicted molar refractivity (Wildman–Crippen MR) is 34.7 cm³/mol. The summed E-state index contributed by atoms with van der Waals surface area (Å²) in [5, 5.41) is 16.8. The summed E-state index contributed by atoms with van der Waals surface area (Å²) in [4.78, 5) is 10.3. The Kier molecular flexibility index (Phi) is 1.93. The van der Waals surface area contributed by atoms with Crippen molar-refractivity contribution in [2.75, 3.05) is 0 Å². The SMILES string of the molecule is N#CC(C(=O)O)c1ccco1. The second-order valence-corrected chi connectivity index (χ2v) is 1.92. The number of nitrogens with zero attached hydrogens (tertiary/aromatic N) is 1. The minimum Gasteiger partial charge on any atom is -0.480 e. The number of carboxylic acids is 1. The minimum atomic E-state index is -1.19. The lowest BCUT2D eigenvalue weighted by Gasteiger charge is -1.96. The fourth-order valence-corrected chi connectivity index (χ4v) is 0.696. The van der Waals surface area contributed by atoms with E-state index >= 15 is 0 Å². The minimum absolute atomic E-state index is 0.167. The Labute approximate surface area is 62.7 Å². The van der Waals surface area contributed by atoms with Crippen molar-refractivity contribution in [2.24, 2.45) is 0 Å². The number of furan rings is 1. The molecule has 0 saturated carbocycles. The monoisotopic (exact) mass is 151 g/mol. The average Bonchev–Trinajstić information content (AvgIpc) is 2.40. The molecule has 4 nitrogen and oxygen atoms in total. The Bertz CT molecular complexity index is 283. The molecule has 11 heavy (non-hydrogen) atoms. The summed E-state index contributed by atoms with van der Waals surface area (Å²) in [5.41, 5.74) is 0. The van der Waals surface area contributed by atoms with Crippen molar-refractivity contribution in [2.45, 2.75) is 5.92 Å². The highest BCUT2D eigenvalue weighted by molar-refractivity contribution is 5.78. The molecule has 0 aliphatic heterocycles.